The highest BCUT2D eigenvalue weighted by atomic mass is 16.7. The molecular formula is C44H90NO2+. The van der Waals surface area contributed by atoms with Gasteiger partial charge in [0.1, 0.15) is 0 Å². The van der Waals surface area contributed by atoms with Crippen molar-refractivity contribution in [3.63, 3.8) is 0 Å². The fourth-order valence-electron chi connectivity index (χ4n) is 8.12. The van der Waals surface area contributed by atoms with Crippen LogP contribution in [0.3, 0.4) is 0 Å². The number of nitrogens with zero attached hydrogens (tertiary/aromatic N) is 1. The van der Waals surface area contributed by atoms with Crippen molar-refractivity contribution in [2.24, 2.45) is 5.41 Å². The third-order valence-corrected chi connectivity index (χ3v) is 12.1. The maximum atomic E-state index is 6.53. The Morgan fingerprint density at radius 2 is 0.681 bits per heavy atom. The Hall–Kier alpha value is -0.120. The highest BCUT2D eigenvalue weighted by Gasteiger charge is 2.37. The van der Waals surface area contributed by atoms with E-state index in [9.17, 15) is 0 Å². The molecule has 1 fully saturated rings. The zero-order valence-electron chi connectivity index (χ0n) is 33.5. The predicted octanol–water partition coefficient (Wildman–Crippen LogP) is 14.4. The monoisotopic (exact) mass is 665 g/mol. The third kappa shape index (κ3) is 23.8. The quantitative estimate of drug-likeness (QED) is 0.0490. The molecule has 1 rings (SSSR count). The largest absolute Gasteiger partial charge is 0.352 e. The van der Waals surface area contributed by atoms with Crippen LogP contribution in [0.5, 0.6) is 0 Å². The van der Waals surface area contributed by atoms with Crippen molar-refractivity contribution in [2.75, 3.05) is 39.4 Å². The van der Waals surface area contributed by atoms with E-state index in [0.29, 0.717) is 0 Å². The summed E-state index contributed by atoms with van der Waals surface area (Å²) in [6.45, 7) is 18.3. The number of quaternary nitrogens is 1. The summed E-state index contributed by atoms with van der Waals surface area (Å²) < 4.78 is 14.2. The SMILES string of the molecule is CCCCCCCCCCCCCCCCC1(CCCCCCCCCCCCCCCC)COC(CC[N+](CC)(CC)CC)OC1. The lowest BCUT2D eigenvalue weighted by atomic mass is 9.78. The Bertz CT molecular complexity index is 582. The van der Waals surface area contributed by atoms with E-state index in [1.165, 1.54) is 223 Å². The van der Waals surface area contributed by atoms with E-state index >= 15 is 0 Å². The lowest BCUT2D eigenvalue weighted by molar-refractivity contribution is -0.924. The van der Waals surface area contributed by atoms with Crippen LogP contribution in [0.1, 0.15) is 234 Å². The summed E-state index contributed by atoms with van der Waals surface area (Å²) in [6.07, 6.45) is 43.8. The van der Waals surface area contributed by atoms with E-state index in [4.69, 9.17) is 9.47 Å². The molecule has 0 amide bonds. The summed E-state index contributed by atoms with van der Waals surface area (Å²) in [5, 5.41) is 0. The molecule has 0 aliphatic carbocycles. The molecule has 0 aromatic rings. The van der Waals surface area contributed by atoms with E-state index in [-0.39, 0.29) is 11.7 Å². The van der Waals surface area contributed by atoms with Gasteiger partial charge >= 0.3 is 0 Å². The van der Waals surface area contributed by atoms with Crippen LogP contribution in [0.2, 0.25) is 0 Å². The Balaban J connectivity index is 2.28. The van der Waals surface area contributed by atoms with Crippen molar-refractivity contribution in [1.82, 2.24) is 0 Å². The molecule has 0 saturated carbocycles. The van der Waals surface area contributed by atoms with Gasteiger partial charge in [0.05, 0.1) is 39.4 Å². The smallest absolute Gasteiger partial charge is 0.162 e. The molecule has 0 spiro atoms. The van der Waals surface area contributed by atoms with Crippen LogP contribution in [0.15, 0.2) is 0 Å². The van der Waals surface area contributed by atoms with Crippen LogP contribution in [-0.4, -0.2) is 50.2 Å². The number of unbranched alkanes of at least 4 members (excludes halogenated alkanes) is 26. The van der Waals surface area contributed by atoms with Gasteiger partial charge in [-0.05, 0) is 33.6 Å². The van der Waals surface area contributed by atoms with Gasteiger partial charge in [0.2, 0.25) is 0 Å². The zero-order chi connectivity index (χ0) is 34.2. The molecular weight excluding hydrogens is 574 g/mol. The minimum Gasteiger partial charge on any atom is -0.352 e. The molecule has 3 nitrogen and oxygen atoms in total. The molecule has 0 N–H and O–H groups in total. The lowest BCUT2D eigenvalue weighted by Crippen LogP contribution is -2.50. The van der Waals surface area contributed by atoms with Gasteiger partial charge in [0.15, 0.2) is 6.29 Å². The molecule has 47 heavy (non-hydrogen) atoms. The molecule has 0 unspecified atom stereocenters. The fraction of sp³-hybridized carbons (Fsp3) is 1.00. The van der Waals surface area contributed by atoms with Crippen molar-refractivity contribution in [3.8, 4) is 0 Å². The second-order valence-corrected chi connectivity index (χ2v) is 16.0. The summed E-state index contributed by atoms with van der Waals surface area (Å²) in [4.78, 5) is 0. The van der Waals surface area contributed by atoms with Gasteiger partial charge in [0.25, 0.3) is 0 Å². The summed E-state index contributed by atoms with van der Waals surface area (Å²) in [5.74, 6) is 0. The predicted molar refractivity (Wildman–Crippen MR) is 209 cm³/mol. The Morgan fingerprint density at radius 3 is 0.957 bits per heavy atom. The van der Waals surface area contributed by atoms with E-state index in [1.807, 2.05) is 0 Å². The zero-order valence-corrected chi connectivity index (χ0v) is 33.5. The van der Waals surface area contributed by atoms with Crippen LogP contribution < -0.4 is 0 Å². The van der Waals surface area contributed by atoms with Crippen LogP contribution >= 0.6 is 0 Å². The van der Waals surface area contributed by atoms with Gasteiger partial charge in [0, 0.05) is 11.8 Å². The normalized spacial score (nSPS) is 15.5. The summed E-state index contributed by atoms with van der Waals surface area (Å²) >= 11 is 0. The molecule has 0 aromatic carbocycles. The number of rotatable bonds is 36. The van der Waals surface area contributed by atoms with E-state index < -0.39 is 0 Å². The second kappa shape index (κ2) is 31.8. The molecule has 3 heteroatoms. The molecule has 0 bridgehead atoms. The van der Waals surface area contributed by atoms with Gasteiger partial charge in [-0.2, -0.15) is 0 Å². The molecule has 1 aliphatic heterocycles. The van der Waals surface area contributed by atoms with Crippen molar-refractivity contribution in [2.45, 2.75) is 240 Å². The topological polar surface area (TPSA) is 18.5 Å². The number of hydrogen-bond donors (Lipinski definition) is 0. The second-order valence-electron chi connectivity index (χ2n) is 16.0. The summed E-state index contributed by atoms with van der Waals surface area (Å²) in [5.41, 5.74) is 0.261. The molecule has 0 atom stereocenters. The average Bonchev–Trinajstić information content (AvgIpc) is 3.10. The van der Waals surface area contributed by atoms with Gasteiger partial charge in [-0.25, -0.2) is 0 Å². The maximum Gasteiger partial charge on any atom is 0.162 e. The first-order valence-corrected chi connectivity index (χ1v) is 22.2. The van der Waals surface area contributed by atoms with Gasteiger partial charge in [-0.3, -0.25) is 0 Å². The van der Waals surface area contributed by atoms with E-state index in [2.05, 4.69) is 34.6 Å². The maximum absolute atomic E-state index is 6.53. The summed E-state index contributed by atoms with van der Waals surface area (Å²) in [7, 11) is 0. The Labute approximate surface area is 298 Å². The van der Waals surface area contributed by atoms with Crippen LogP contribution in [0, 0.1) is 5.41 Å². The molecule has 1 aliphatic rings. The van der Waals surface area contributed by atoms with Crippen LogP contribution in [-0.2, 0) is 9.47 Å². The molecule has 1 heterocycles. The fourth-order valence-corrected chi connectivity index (χ4v) is 8.12. The van der Waals surface area contributed by atoms with Crippen molar-refractivity contribution in [3.05, 3.63) is 0 Å². The minimum absolute atomic E-state index is 0.0120. The highest BCUT2D eigenvalue weighted by Crippen LogP contribution is 2.37. The van der Waals surface area contributed by atoms with Crippen LogP contribution in [0.4, 0.5) is 0 Å². The van der Waals surface area contributed by atoms with Crippen LogP contribution in [0.25, 0.3) is 0 Å². The molecule has 282 valence electrons. The van der Waals surface area contributed by atoms with Gasteiger partial charge in [-0.15, -0.1) is 0 Å². The first-order chi connectivity index (χ1) is 23.1. The van der Waals surface area contributed by atoms with Gasteiger partial charge < -0.3 is 14.0 Å². The average molecular weight is 665 g/mol. The van der Waals surface area contributed by atoms with Gasteiger partial charge in [-0.1, -0.05) is 194 Å². The molecule has 0 aromatic heterocycles. The standard InChI is InChI=1S/C44H90NO2/c1-6-11-13-15-17-19-21-23-25-27-29-31-33-35-38-44(41-46-43(47-42-44)37-40-45(8-3,9-4)10-5)39-36-34-32-30-28-26-24-22-20-18-16-14-12-7-2/h43H,6-42H2,1-5H3/q+1. The lowest BCUT2D eigenvalue weighted by Gasteiger charge is -2.42. The first-order valence-electron chi connectivity index (χ1n) is 22.2. The Morgan fingerprint density at radius 1 is 0.404 bits per heavy atom. The van der Waals surface area contributed by atoms with Crippen molar-refractivity contribution >= 4 is 0 Å². The van der Waals surface area contributed by atoms with E-state index in [1.54, 1.807) is 0 Å². The Kier molecular flexibility index (Phi) is 30.4. The van der Waals surface area contributed by atoms with E-state index in [0.717, 1.165) is 19.6 Å². The number of ether oxygens (including phenoxy) is 2. The number of hydrogen-bond acceptors (Lipinski definition) is 2. The summed E-state index contributed by atoms with van der Waals surface area (Å²) in [6, 6.07) is 0. The van der Waals surface area contributed by atoms with Crippen molar-refractivity contribution < 1.29 is 14.0 Å². The first kappa shape index (κ1) is 44.9. The third-order valence-electron chi connectivity index (χ3n) is 12.1. The molecule has 1 saturated heterocycles. The van der Waals surface area contributed by atoms with Crippen molar-refractivity contribution in [1.29, 1.82) is 0 Å². The molecule has 0 radical (unpaired) electrons. The minimum atomic E-state index is 0.0120. The highest BCUT2D eigenvalue weighted by molar-refractivity contribution is 4.82.